The van der Waals surface area contributed by atoms with Gasteiger partial charge in [0.1, 0.15) is 11.6 Å². The third-order valence-electron chi connectivity index (χ3n) is 6.66. The van der Waals surface area contributed by atoms with Gasteiger partial charge >= 0.3 is 12.1 Å². The molecule has 0 radical (unpaired) electrons. The van der Waals surface area contributed by atoms with Crippen LogP contribution in [0.5, 0.6) is 11.6 Å². The van der Waals surface area contributed by atoms with Crippen LogP contribution in [0.25, 0.3) is 10.9 Å². The van der Waals surface area contributed by atoms with Crippen molar-refractivity contribution in [1.29, 1.82) is 0 Å². The van der Waals surface area contributed by atoms with Crippen molar-refractivity contribution in [2.75, 3.05) is 24.3 Å². The van der Waals surface area contributed by atoms with Crippen LogP contribution in [-0.4, -0.2) is 64.3 Å². The summed E-state index contributed by atoms with van der Waals surface area (Å²) in [6.45, 7) is 0. The summed E-state index contributed by atoms with van der Waals surface area (Å²) in [4.78, 5) is 37.4. The minimum atomic E-state index is -5.08. The summed E-state index contributed by atoms with van der Waals surface area (Å²) in [5.74, 6) is -0.361. The predicted octanol–water partition coefficient (Wildman–Crippen LogP) is 6.32. The second-order valence-electron chi connectivity index (χ2n) is 10.2. The van der Waals surface area contributed by atoms with Crippen LogP contribution in [0, 0.1) is 0 Å². The van der Waals surface area contributed by atoms with E-state index < -0.39 is 12.1 Å². The number of aliphatic carboxylic acids is 1. The number of carbonyl (C=O) groups is 2. The minimum absolute atomic E-state index is 0.114. The van der Waals surface area contributed by atoms with Crippen molar-refractivity contribution >= 4 is 46.1 Å². The first-order chi connectivity index (χ1) is 20.9. The second-order valence-corrected chi connectivity index (χ2v) is 10.6. The summed E-state index contributed by atoms with van der Waals surface area (Å²) in [6.07, 6.45) is 0.0375. The molecule has 0 saturated heterocycles. The number of para-hydroxylation sites is 1. The molecule has 0 spiro atoms. The van der Waals surface area contributed by atoms with Crippen LogP contribution in [0.15, 0.2) is 66.9 Å². The van der Waals surface area contributed by atoms with Gasteiger partial charge < -0.3 is 25.4 Å². The van der Waals surface area contributed by atoms with Gasteiger partial charge in [-0.05, 0) is 62.1 Å². The topological polar surface area (TPSA) is 130 Å². The van der Waals surface area contributed by atoms with Crippen LogP contribution >= 0.6 is 11.6 Å². The molecule has 0 aliphatic heterocycles. The van der Waals surface area contributed by atoms with Crippen molar-refractivity contribution < 1.29 is 32.6 Å². The van der Waals surface area contributed by atoms with Crippen molar-refractivity contribution in [3.05, 3.63) is 77.4 Å². The van der Waals surface area contributed by atoms with Crippen molar-refractivity contribution in [1.82, 2.24) is 20.3 Å². The lowest BCUT2D eigenvalue weighted by Crippen LogP contribution is -2.40. The van der Waals surface area contributed by atoms with Gasteiger partial charge in [-0.2, -0.15) is 18.2 Å². The Morgan fingerprint density at radius 1 is 0.977 bits per heavy atom. The summed E-state index contributed by atoms with van der Waals surface area (Å²) in [5.41, 5.74) is 1.42. The zero-order valence-corrected chi connectivity index (χ0v) is 24.6. The molecule has 1 aliphatic rings. The van der Waals surface area contributed by atoms with Gasteiger partial charge in [0.15, 0.2) is 0 Å². The number of aromatic nitrogens is 3. The van der Waals surface area contributed by atoms with E-state index in [0.717, 1.165) is 42.4 Å². The van der Waals surface area contributed by atoms with Crippen LogP contribution in [-0.2, 0) is 4.79 Å². The molecule has 1 saturated carbocycles. The zero-order valence-electron chi connectivity index (χ0n) is 23.8. The van der Waals surface area contributed by atoms with Crippen molar-refractivity contribution in [2.24, 2.45) is 0 Å². The monoisotopic (exact) mass is 630 g/mol. The first-order valence-corrected chi connectivity index (χ1v) is 14.0. The highest BCUT2D eigenvalue weighted by Crippen LogP contribution is 2.27. The van der Waals surface area contributed by atoms with E-state index in [4.69, 9.17) is 36.2 Å². The zero-order chi connectivity index (χ0) is 31.9. The Kier molecular flexibility index (Phi) is 10.4. The number of carbonyl (C=O) groups excluding carboxylic acids is 1. The smallest absolute Gasteiger partial charge is 0.475 e. The molecule has 0 atom stereocenters. The molecule has 5 rings (SSSR count). The standard InChI is InChI=1S/C28H29ClN6O2.C2HF3O2/c1-35(2)26-23-8-3-4-9-24(23)33-28(34-26)32-21-13-11-20(12-14-21)31-27(36)18-10-15-25(30-17-18)37-22-7-5-6-19(29)16-22;3-2(4,5)1(6)7/h3-10,15-17,20-21H,11-14H2,1-2H3,(H,31,36)(H,32,33,34);(H,6,7)/t20-,21+;. The quantitative estimate of drug-likeness (QED) is 0.215. The highest BCUT2D eigenvalue weighted by Gasteiger charge is 2.38. The normalized spacial score (nSPS) is 16.3. The molecule has 2 aromatic heterocycles. The number of hydrogen-bond donors (Lipinski definition) is 3. The number of halogens is 4. The van der Waals surface area contributed by atoms with Gasteiger partial charge in [-0.1, -0.05) is 29.8 Å². The number of rotatable bonds is 7. The number of nitrogens with zero attached hydrogens (tertiary/aromatic N) is 4. The molecule has 4 aromatic rings. The molecular weight excluding hydrogens is 601 g/mol. The summed E-state index contributed by atoms with van der Waals surface area (Å²) >= 11 is 5.99. The molecule has 2 aromatic carbocycles. The van der Waals surface area contributed by atoms with E-state index in [1.807, 2.05) is 43.3 Å². The molecular formula is C30H30ClF3N6O4. The van der Waals surface area contributed by atoms with Gasteiger partial charge in [-0.25, -0.2) is 14.8 Å². The maximum atomic E-state index is 12.8. The van der Waals surface area contributed by atoms with E-state index in [2.05, 4.69) is 15.6 Å². The highest BCUT2D eigenvalue weighted by atomic mass is 35.5. The molecule has 1 fully saturated rings. The number of ether oxygens (including phenoxy) is 1. The Morgan fingerprint density at radius 3 is 2.27 bits per heavy atom. The summed E-state index contributed by atoms with van der Waals surface area (Å²) in [6, 6.07) is 18.9. The molecule has 1 aliphatic carbocycles. The molecule has 44 heavy (non-hydrogen) atoms. The SMILES string of the molecule is CN(C)c1nc(N[C@H]2CC[C@@H](NC(=O)c3ccc(Oc4cccc(Cl)c4)nc3)CC2)nc2ccccc12.O=C(O)C(F)(F)F. The first-order valence-electron chi connectivity index (χ1n) is 13.6. The summed E-state index contributed by atoms with van der Waals surface area (Å²) in [5, 5.41) is 15.4. The van der Waals surface area contributed by atoms with Gasteiger partial charge in [-0.15, -0.1) is 0 Å². The molecule has 14 heteroatoms. The Bertz CT molecular complexity index is 1600. The molecule has 3 N–H and O–H groups in total. The Hall–Kier alpha value is -4.65. The minimum Gasteiger partial charge on any atom is -0.475 e. The number of carboxylic acids is 1. The lowest BCUT2D eigenvalue weighted by atomic mass is 9.91. The number of anilines is 2. The van der Waals surface area contributed by atoms with Gasteiger partial charge in [0, 0.05) is 48.9 Å². The van der Waals surface area contributed by atoms with Gasteiger partial charge in [-0.3, -0.25) is 4.79 Å². The van der Waals surface area contributed by atoms with E-state index in [9.17, 15) is 18.0 Å². The summed E-state index contributed by atoms with van der Waals surface area (Å²) < 4.78 is 37.4. The molecule has 10 nitrogen and oxygen atoms in total. The maximum Gasteiger partial charge on any atom is 0.490 e. The van der Waals surface area contributed by atoms with Crippen molar-refractivity contribution in [3.8, 4) is 11.6 Å². The number of pyridine rings is 1. The number of benzene rings is 2. The first kappa shape index (κ1) is 32.3. The van der Waals surface area contributed by atoms with E-state index in [0.29, 0.717) is 28.2 Å². The third-order valence-corrected chi connectivity index (χ3v) is 6.90. The Labute approximate surface area is 256 Å². The van der Waals surface area contributed by atoms with Gasteiger partial charge in [0.2, 0.25) is 11.8 Å². The van der Waals surface area contributed by atoms with Crippen molar-refractivity contribution in [2.45, 2.75) is 43.9 Å². The van der Waals surface area contributed by atoms with E-state index in [-0.39, 0.29) is 18.0 Å². The number of fused-ring (bicyclic) bond motifs is 1. The average Bonchev–Trinajstić information content (AvgIpc) is 2.98. The lowest BCUT2D eigenvalue weighted by molar-refractivity contribution is -0.192. The fourth-order valence-corrected chi connectivity index (χ4v) is 4.71. The van der Waals surface area contributed by atoms with Gasteiger partial charge in [0.05, 0.1) is 11.1 Å². The van der Waals surface area contributed by atoms with E-state index in [1.54, 1.807) is 36.4 Å². The molecule has 0 unspecified atom stereocenters. The fraction of sp³-hybridized carbons (Fsp3) is 0.300. The number of hydrogen-bond acceptors (Lipinski definition) is 8. The van der Waals surface area contributed by atoms with Crippen molar-refractivity contribution in [3.63, 3.8) is 0 Å². The van der Waals surface area contributed by atoms with Crippen LogP contribution in [0.2, 0.25) is 5.02 Å². The van der Waals surface area contributed by atoms with Crippen LogP contribution in [0.4, 0.5) is 24.9 Å². The average molecular weight is 631 g/mol. The fourth-order valence-electron chi connectivity index (χ4n) is 4.52. The van der Waals surface area contributed by atoms with E-state index in [1.165, 1.54) is 6.20 Å². The number of alkyl halides is 3. The van der Waals surface area contributed by atoms with Crippen LogP contribution in [0.1, 0.15) is 36.0 Å². The predicted molar refractivity (Wildman–Crippen MR) is 160 cm³/mol. The second kappa shape index (κ2) is 14.2. The lowest BCUT2D eigenvalue weighted by Gasteiger charge is -2.30. The molecule has 0 bridgehead atoms. The van der Waals surface area contributed by atoms with Crippen LogP contribution in [0.3, 0.4) is 0 Å². The summed E-state index contributed by atoms with van der Waals surface area (Å²) in [7, 11) is 3.98. The molecule has 1 amide bonds. The Morgan fingerprint density at radius 2 is 1.66 bits per heavy atom. The maximum absolute atomic E-state index is 12.8. The Balaban J connectivity index is 0.000000566. The highest BCUT2D eigenvalue weighted by molar-refractivity contribution is 6.30. The molecule has 2 heterocycles. The van der Waals surface area contributed by atoms with E-state index >= 15 is 0 Å². The number of carboxylic acid groups (broad SMARTS) is 1. The number of nitrogens with one attached hydrogen (secondary N) is 2. The van der Waals surface area contributed by atoms with Crippen LogP contribution < -0.4 is 20.3 Å². The molecule has 232 valence electrons. The number of amides is 1. The largest absolute Gasteiger partial charge is 0.490 e. The third kappa shape index (κ3) is 8.93. The van der Waals surface area contributed by atoms with Gasteiger partial charge in [0.25, 0.3) is 5.91 Å².